The van der Waals surface area contributed by atoms with Crippen molar-refractivity contribution in [1.29, 1.82) is 0 Å². The third-order valence-corrected chi connectivity index (χ3v) is 8.18. The minimum atomic E-state index is -3.00. The van der Waals surface area contributed by atoms with E-state index in [1.807, 2.05) is 16.6 Å². The number of nitrogens with zero attached hydrogens (tertiary/aromatic N) is 6. The second kappa shape index (κ2) is 7.68. The normalized spacial score (nSPS) is 24.6. The zero-order valence-corrected chi connectivity index (χ0v) is 17.7. The van der Waals surface area contributed by atoms with Crippen LogP contribution >= 0.6 is 0 Å². The van der Waals surface area contributed by atoms with Crippen molar-refractivity contribution in [2.24, 2.45) is 0 Å². The number of hydrogen-bond acceptors (Lipinski definition) is 7. The van der Waals surface area contributed by atoms with E-state index in [9.17, 15) is 13.2 Å². The lowest BCUT2D eigenvalue weighted by atomic mass is 9.96. The molecule has 162 valence electrons. The van der Waals surface area contributed by atoms with E-state index in [1.54, 1.807) is 4.90 Å². The van der Waals surface area contributed by atoms with Gasteiger partial charge in [0.05, 0.1) is 11.5 Å². The molecule has 0 radical (unpaired) electrons. The van der Waals surface area contributed by atoms with Crippen molar-refractivity contribution in [2.75, 3.05) is 42.6 Å². The molecule has 0 bridgehead atoms. The lowest BCUT2D eigenvalue weighted by Crippen LogP contribution is -2.48. The highest BCUT2D eigenvalue weighted by Gasteiger charge is 2.32. The number of anilines is 1. The highest BCUT2D eigenvalue weighted by atomic mass is 32.2. The maximum atomic E-state index is 12.5. The van der Waals surface area contributed by atoms with Gasteiger partial charge in [0.25, 0.3) is 0 Å². The molecule has 0 spiro atoms. The minimum absolute atomic E-state index is 0.0476. The summed E-state index contributed by atoms with van der Waals surface area (Å²) in [4.78, 5) is 16.6. The molecule has 0 saturated carbocycles. The Hall–Kier alpha value is -2.43. The first-order valence-corrected chi connectivity index (χ1v) is 12.5. The number of fused-ring (bicyclic) bond motifs is 1. The smallest absolute Gasteiger partial charge is 0.317 e. The lowest BCUT2D eigenvalue weighted by molar-refractivity contribution is 0.177. The number of carbonyl (C=O) groups is 1. The van der Waals surface area contributed by atoms with Crippen LogP contribution in [-0.4, -0.2) is 82.9 Å². The Labute approximate surface area is 175 Å². The molecule has 2 aromatic heterocycles. The zero-order chi connectivity index (χ0) is 20.7. The predicted octanol–water partition coefficient (Wildman–Crippen LogP) is 0.801. The fourth-order valence-corrected chi connectivity index (χ4v) is 6.35. The van der Waals surface area contributed by atoms with Crippen molar-refractivity contribution in [2.45, 2.75) is 44.1 Å². The van der Waals surface area contributed by atoms with Crippen LogP contribution in [0.3, 0.4) is 0 Å². The number of sulfone groups is 1. The Morgan fingerprint density at radius 2 is 1.80 bits per heavy atom. The molecule has 1 unspecified atom stereocenters. The first kappa shape index (κ1) is 19.5. The van der Waals surface area contributed by atoms with Crippen LogP contribution in [0.5, 0.6) is 0 Å². The molecule has 10 nitrogen and oxygen atoms in total. The lowest BCUT2D eigenvalue weighted by Gasteiger charge is -2.32. The van der Waals surface area contributed by atoms with E-state index < -0.39 is 9.84 Å². The number of nitrogens with one attached hydrogen (secondary N) is 1. The van der Waals surface area contributed by atoms with Crippen LogP contribution in [0.25, 0.3) is 5.65 Å². The highest BCUT2D eigenvalue weighted by molar-refractivity contribution is 7.91. The summed E-state index contributed by atoms with van der Waals surface area (Å²) < 4.78 is 25.1. The van der Waals surface area contributed by atoms with Crippen LogP contribution in [0.1, 0.15) is 43.8 Å². The Bertz CT molecular complexity index is 1040. The van der Waals surface area contributed by atoms with Gasteiger partial charge < -0.3 is 15.1 Å². The van der Waals surface area contributed by atoms with E-state index in [-0.39, 0.29) is 29.5 Å². The molecule has 30 heavy (non-hydrogen) atoms. The summed E-state index contributed by atoms with van der Waals surface area (Å²) in [5.74, 6) is 2.22. The molecule has 0 aromatic carbocycles. The van der Waals surface area contributed by atoms with Gasteiger partial charge in [0.15, 0.2) is 21.3 Å². The zero-order valence-electron chi connectivity index (χ0n) is 16.9. The maximum absolute atomic E-state index is 12.5. The topological polar surface area (TPSA) is 113 Å². The number of likely N-dealkylation sites (tertiary alicyclic amines) is 1. The molecule has 2 amide bonds. The molecule has 2 aromatic rings. The summed E-state index contributed by atoms with van der Waals surface area (Å²) in [6, 6.07) is 3.54. The molecule has 1 N–H and O–H groups in total. The van der Waals surface area contributed by atoms with Gasteiger partial charge in [0.1, 0.15) is 5.82 Å². The number of amides is 2. The van der Waals surface area contributed by atoms with E-state index >= 15 is 0 Å². The van der Waals surface area contributed by atoms with Gasteiger partial charge in [-0.25, -0.2) is 13.2 Å². The van der Waals surface area contributed by atoms with Gasteiger partial charge in [-0.1, -0.05) is 0 Å². The number of hydrogen-bond donors (Lipinski definition) is 1. The van der Waals surface area contributed by atoms with Gasteiger partial charge in [0.2, 0.25) is 0 Å². The van der Waals surface area contributed by atoms with Gasteiger partial charge in [-0.05, 0) is 44.2 Å². The van der Waals surface area contributed by atoms with Crippen molar-refractivity contribution in [3.63, 3.8) is 0 Å². The fraction of sp³-hybridized carbons (Fsp3) is 0.684. The molecule has 11 heteroatoms. The van der Waals surface area contributed by atoms with Crippen molar-refractivity contribution < 1.29 is 13.2 Å². The number of aromatic nitrogens is 4. The van der Waals surface area contributed by atoms with Crippen LogP contribution < -0.4 is 10.2 Å². The second-order valence-electron chi connectivity index (χ2n) is 8.52. The number of carbonyl (C=O) groups excluding carboxylic acids is 1. The van der Waals surface area contributed by atoms with E-state index in [4.69, 9.17) is 5.10 Å². The molecule has 1 atom stereocenters. The maximum Gasteiger partial charge on any atom is 0.317 e. The van der Waals surface area contributed by atoms with Gasteiger partial charge in [-0.15, -0.1) is 15.3 Å². The van der Waals surface area contributed by atoms with Gasteiger partial charge >= 0.3 is 6.03 Å². The fourth-order valence-electron chi connectivity index (χ4n) is 4.68. The molecular weight excluding hydrogens is 406 g/mol. The predicted molar refractivity (Wildman–Crippen MR) is 111 cm³/mol. The molecule has 3 aliphatic heterocycles. The summed E-state index contributed by atoms with van der Waals surface area (Å²) >= 11 is 0. The SMILES string of the molecule is O=C(NC1CCS(=O)(=O)C1)N1CCC(c2nnc3ccc(N4CCCC4)nn23)CC1. The second-order valence-corrected chi connectivity index (χ2v) is 10.8. The van der Waals surface area contributed by atoms with Crippen LogP contribution in [0.15, 0.2) is 12.1 Å². The number of piperidine rings is 1. The third-order valence-electron chi connectivity index (χ3n) is 6.41. The first-order chi connectivity index (χ1) is 14.5. The van der Waals surface area contributed by atoms with Crippen molar-refractivity contribution >= 4 is 27.3 Å². The van der Waals surface area contributed by atoms with E-state index in [1.165, 1.54) is 12.8 Å². The highest BCUT2D eigenvalue weighted by Crippen LogP contribution is 2.28. The van der Waals surface area contributed by atoms with Crippen molar-refractivity contribution in [3.05, 3.63) is 18.0 Å². The van der Waals surface area contributed by atoms with Crippen molar-refractivity contribution in [1.82, 2.24) is 30.0 Å². The summed E-state index contributed by atoms with van der Waals surface area (Å²) in [7, 11) is -3.00. The van der Waals surface area contributed by atoms with Crippen LogP contribution in [0.4, 0.5) is 10.6 Å². The minimum Gasteiger partial charge on any atom is -0.355 e. The molecule has 5 heterocycles. The van der Waals surface area contributed by atoms with E-state index in [0.717, 1.165) is 43.2 Å². The Morgan fingerprint density at radius 1 is 1.03 bits per heavy atom. The number of rotatable bonds is 3. The molecule has 3 aliphatic rings. The molecule has 3 saturated heterocycles. The standard InChI is InChI=1S/C19H27N7O3S/c27-19(20-15-7-12-30(28,29)13-15)25-10-5-14(6-11-25)18-22-21-16-3-4-17(23-26(16)18)24-8-1-2-9-24/h3-4,14-15H,1-2,5-13H2,(H,20,27). The summed E-state index contributed by atoms with van der Waals surface area (Å²) in [6.45, 7) is 3.28. The Morgan fingerprint density at radius 3 is 2.50 bits per heavy atom. The first-order valence-electron chi connectivity index (χ1n) is 10.7. The quantitative estimate of drug-likeness (QED) is 0.762. The van der Waals surface area contributed by atoms with Crippen LogP contribution in [0, 0.1) is 0 Å². The largest absolute Gasteiger partial charge is 0.355 e. The number of urea groups is 1. The molecular formula is C19H27N7O3S. The van der Waals surface area contributed by atoms with E-state index in [2.05, 4.69) is 20.4 Å². The van der Waals surface area contributed by atoms with E-state index in [0.29, 0.717) is 19.5 Å². The van der Waals surface area contributed by atoms with Crippen LogP contribution in [-0.2, 0) is 9.84 Å². The average Bonchev–Trinajstić information content (AvgIpc) is 3.47. The van der Waals surface area contributed by atoms with Gasteiger partial charge in [0, 0.05) is 38.1 Å². The molecule has 0 aliphatic carbocycles. The summed E-state index contributed by atoms with van der Waals surface area (Å²) in [5.41, 5.74) is 0.746. The van der Waals surface area contributed by atoms with Gasteiger partial charge in [-0.3, -0.25) is 0 Å². The Kier molecular flexibility index (Phi) is 5.00. The molecule has 5 rings (SSSR count). The summed E-state index contributed by atoms with van der Waals surface area (Å²) in [6.07, 6.45) is 4.46. The van der Waals surface area contributed by atoms with Crippen LogP contribution in [0.2, 0.25) is 0 Å². The molecule has 3 fully saturated rings. The average molecular weight is 434 g/mol. The summed E-state index contributed by atoms with van der Waals surface area (Å²) in [5, 5.41) is 16.4. The third kappa shape index (κ3) is 3.82. The Balaban J connectivity index is 1.23. The van der Waals surface area contributed by atoms with Gasteiger partial charge in [-0.2, -0.15) is 4.52 Å². The van der Waals surface area contributed by atoms with Crippen molar-refractivity contribution in [3.8, 4) is 0 Å². The monoisotopic (exact) mass is 433 g/mol.